The van der Waals surface area contributed by atoms with Crippen LogP contribution in [0.3, 0.4) is 0 Å². The summed E-state index contributed by atoms with van der Waals surface area (Å²) in [7, 11) is 0. The third-order valence-electron chi connectivity index (χ3n) is 5.81. The molecule has 7 nitrogen and oxygen atoms in total. The van der Waals surface area contributed by atoms with Crippen LogP contribution < -0.4 is 5.32 Å². The lowest BCUT2D eigenvalue weighted by molar-refractivity contribution is -0.386. The van der Waals surface area contributed by atoms with E-state index in [0.29, 0.717) is 11.3 Å². The van der Waals surface area contributed by atoms with E-state index < -0.39 is 4.92 Å². The molecule has 1 heterocycles. The molecule has 2 aromatic rings. The maximum atomic E-state index is 11.7. The number of nitrogens with one attached hydrogen (secondary N) is 1. The second-order valence-corrected chi connectivity index (χ2v) is 7.17. The minimum Gasteiger partial charge on any atom is -0.372 e. The summed E-state index contributed by atoms with van der Waals surface area (Å²) in [5, 5.41) is 26.5. The Morgan fingerprint density at radius 1 is 1.07 bits per heavy atom. The third-order valence-corrected chi connectivity index (χ3v) is 5.81. The molecular weight excluding hydrogens is 346 g/mol. The number of anilines is 1. The van der Waals surface area contributed by atoms with Gasteiger partial charge in [-0.2, -0.15) is 0 Å². The highest BCUT2D eigenvalue weighted by atomic mass is 16.6. The summed E-state index contributed by atoms with van der Waals surface area (Å²) in [4.78, 5) is 22.4. The Kier molecular flexibility index (Phi) is 3.95. The van der Waals surface area contributed by atoms with E-state index in [2.05, 4.69) is 17.5 Å². The largest absolute Gasteiger partial charge is 0.372 e. The van der Waals surface area contributed by atoms with Gasteiger partial charge in [0.05, 0.1) is 21.5 Å². The van der Waals surface area contributed by atoms with E-state index in [1.54, 1.807) is 24.3 Å². The first-order chi connectivity index (χ1) is 12.9. The molecule has 1 N–H and O–H groups in total. The van der Waals surface area contributed by atoms with Gasteiger partial charge in [0, 0.05) is 18.1 Å². The van der Waals surface area contributed by atoms with Crippen LogP contribution in [0.1, 0.15) is 40.6 Å². The molecule has 0 saturated carbocycles. The summed E-state index contributed by atoms with van der Waals surface area (Å²) in [5.74, 6) is 0.0864. The summed E-state index contributed by atoms with van der Waals surface area (Å²) in [5.41, 5.74) is 3.97. The van der Waals surface area contributed by atoms with Crippen LogP contribution >= 0.6 is 0 Å². The predicted molar refractivity (Wildman–Crippen MR) is 102 cm³/mol. The molecule has 0 radical (unpaired) electrons. The molecule has 0 fully saturated rings. The fourth-order valence-corrected chi connectivity index (χ4v) is 4.45. The highest BCUT2D eigenvalue weighted by molar-refractivity contribution is 5.74. The van der Waals surface area contributed by atoms with Crippen molar-refractivity contribution in [3.05, 3.63) is 85.0 Å². The number of allylic oxidation sites excluding steroid dienone is 2. The molecule has 7 heteroatoms. The smallest absolute Gasteiger partial charge is 0.292 e. The minimum absolute atomic E-state index is 0.00432. The molecule has 0 saturated heterocycles. The van der Waals surface area contributed by atoms with Crippen molar-refractivity contribution in [1.29, 1.82) is 0 Å². The van der Waals surface area contributed by atoms with E-state index in [1.165, 1.54) is 6.07 Å². The lowest BCUT2D eigenvalue weighted by Gasteiger charge is -2.38. The summed E-state index contributed by atoms with van der Waals surface area (Å²) in [6.07, 6.45) is 4.93. The standard InChI is InChI=1S/C20H19N3O4/c1-11-10-17(23(26)27)20-18(12(11)2)13-7-5-8-14(13)19(21-20)15-6-3-4-9-16(15)22(24)25/h3-7,9-10,13-14,19,21H,8H2,1-2H3. The Morgan fingerprint density at radius 3 is 2.48 bits per heavy atom. The molecule has 2 aromatic carbocycles. The van der Waals surface area contributed by atoms with Crippen molar-refractivity contribution in [2.24, 2.45) is 5.92 Å². The molecule has 2 aliphatic rings. The molecule has 1 aliphatic carbocycles. The van der Waals surface area contributed by atoms with Gasteiger partial charge in [0.15, 0.2) is 0 Å². The van der Waals surface area contributed by atoms with E-state index in [0.717, 1.165) is 23.1 Å². The van der Waals surface area contributed by atoms with Gasteiger partial charge in [-0.15, -0.1) is 0 Å². The van der Waals surface area contributed by atoms with Crippen LogP contribution in [0.2, 0.25) is 0 Å². The number of nitrogens with zero attached hydrogens (tertiary/aromatic N) is 2. The zero-order valence-corrected chi connectivity index (χ0v) is 15.0. The Hall–Kier alpha value is -3.22. The average molecular weight is 365 g/mol. The Balaban J connectivity index is 1.94. The third kappa shape index (κ3) is 2.58. The van der Waals surface area contributed by atoms with Crippen molar-refractivity contribution in [3.8, 4) is 0 Å². The van der Waals surface area contributed by atoms with Crippen LogP contribution in [0.15, 0.2) is 42.5 Å². The van der Waals surface area contributed by atoms with Crippen LogP contribution in [-0.2, 0) is 0 Å². The van der Waals surface area contributed by atoms with Crippen molar-refractivity contribution in [2.75, 3.05) is 5.32 Å². The lowest BCUT2D eigenvalue weighted by Crippen LogP contribution is -2.31. The van der Waals surface area contributed by atoms with Gasteiger partial charge in [-0.1, -0.05) is 30.4 Å². The van der Waals surface area contributed by atoms with E-state index in [4.69, 9.17) is 0 Å². The van der Waals surface area contributed by atoms with Crippen molar-refractivity contribution in [3.63, 3.8) is 0 Å². The molecule has 27 heavy (non-hydrogen) atoms. The quantitative estimate of drug-likeness (QED) is 0.471. The number of nitro benzene ring substituents is 2. The number of rotatable bonds is 3. The lowest BCUT2D eigenvalue weighted by atomic mass is 9.74. The van der Waals surface area contributed by atoms with Crippen molar-refractivity contribution in [2.45, 2.75) is 32.2 Å². The zero-order chi connectivity index (χ0) is 19.3. The second-order valence-electron chi connectivity index (χ2n) is 7.17. The molecular formula is C20H19N3O4. The van der Waals surface area contributed by atoms with Gasteiger partial charge in [0.2, 0.25) is 0 Å². The topological polar surface area (TPSA) is 98.3 Å². The van der Waals surface area contributed by atoms with Crippen LogP contribution in [0, 0.1) is 40.0 Å². The maximum absolute atomic E-state index is 11.7. The molecule has 0 spiro atoms. The fourth-order valence-electron chi connectivity index (χ4n) is 4.45. The number of fused-ring (bicyclic) bond motifs is 3. The molecule has 1 aliphatic heterocycles. The van der Waals surface area contributed by atoms with Gasteiger partial charge in [0.1, 0.15) is 5.69 Å². The predicted octanol–water partition coefficient (Wildman–Crippen LogP) is 4.95. The van der Waals surface area contributed by atoms with Gasteiger partial charge in [-0.3, -0.25) is 20.2 Å². The SMILES string of the molecule is Cc1cc([N+](=O)[O-])c2c(c1C)C1C=CCC1C(c1ccccc1[N+](=O)[O-])N2. The van der Waals surface area contributed by atoms with E-state index >= 15 is 0 Å². The van der Waals surface area contributed by atoms with Crippen molar-refractivity contribution < 1.29 is 9.85 Å². The Labute approximate surface area is 156 Å². The highest BCUT2D eigenvalue weighted by Gasteiger charge is 2.43. The molecule has 0 amide bonds. The first-order valence-electron chi connectivity index (χ1n) is 8.85. The van der Waals surface area contributed by atoms with Crippen molar-refractivity contribution >= 4 is 17.1 Å². The number of hydrogen-bond acceptors (Lipinski definition) is 5. The molecule has 0 aromatic heterocycles. The average Bonchev–Trinajstić information content (AvgIpc) is 3.13. The van der Waals surface area contributed by atoms with Gasteiger partial charge >= 0.3 is 0 Å². The van der Waals surface area contributed by atoms with Crippen LogP contribution in [-0.4, -0.2) is 9.85 Å². The zero-order valence-electron chi connectivity index (χ0n) is 15.0. The normalized spacial score (nSPS) is 22.7. The number of nitro groups is 2. The van der Waals surface area contributed by atoms with E-state index in [1.807, 2.05) is 13.8 Å². The van der Waals surface area contributed by atoms with Crippen LogP contribution in [0.5, 0.6) is 0 Å². The van der Waals surface area contributed by atoms with E-state index in [-0.39, 0.29) is 34.2 Å². The molecule has 3 atom stereocenters. The van der Waals surface area contributed by atoms with Crippen molar-refractivity contribution in [1.82, 2.24) is 0 Å². The first-order valence-corrected chi connectivity index (χ1v) is 8.85. The number of aryl methyl sites for hydroxylation is 1. The number of para-hydroxylation sites is 1. The summed E-state index contributed by atoms with van der Waals surface area (Å²) >= 11 is 0. The van der Waals surface area contributed by atoms with Gasteiger partial charge in [-0.25, -0.2) is 0 Å². The van der Waals surface area contributed by atoms with Gasteiger partial charge in [0.25, 0.3) is 11.4 Å². The minimum atomic E-state index is -0.390. The molecule has 0 bridgehead atoms. The summed E-state index contributed by atoms with van der Waals surface area (Å²) in [6, 6.07) is 7.85. The van der Waals surface area contributed by atoms with E-state index in [9.17, 15) is 20.2 Å². The van der Waals surface area contributed by atoms with Crippen LogP contribution in [0.25, 0.3) is 0 Å². The second kappa shape index (κ2) is 6.19. The molecule has 4 rings (SSSR count). The summed E-state index contributed by atoms with van der Waals surface area (Å²) < 4.78 is 0. The Morgan fingerprint density at radius 2 is 1.78 bits per heavy atom. The van der Waals surface area contributed by atoms with Crippen LogP contribution in [0.4, 0.5) is 17.1 Å². The first kappa shape index (κ1) is 17.2. The van der Waals surface area contributed by atoms with Gasteiger partial charge < -0.3 is 5.32 Å². The maximum Gasteiger partial charge on any atom is 0.292 e. The molecule has 138 valence electrons. The Bertz CT molecular complexity index is 999. The summed E-state index contributed by atoms with van der Waals surface area (Å²) in [6.45, 7) is 3.86. The fraction of sp³-hybridized carbons (Fsp3) is 0.300. The van der Waals surface area contributed by atoms with Gasteiger partial charge in [-0.05, 0) is 42.9 Å². The monoisotopic (exact) mass is 365 g/mol. The number of benzene rings is 2. The highest BCUT2D eigenvalue weighted by Crippen LogP contribution is 2.54. The number of hydrogen-bond donors (Lipinski definition) is 1. The molecule has 3 unspecified atom stereocenters.